The second kappa shape index (κ2) is 6.47. The summed E-state index contributed by atoms with van der Waals surface area (Å²) >= 11 is 1.34. The summed E-state index contributed by atoms with van der Waals surface area (Å²) in [6.07, 6.45) is 6.73. The van der Waals surface area contributed by atoms with E-state index in [-0.39, 0.29) is 19.0 Å². The van der Waals surface area contributed by atoms with Gasteiger partial charge in [-0.1, -0.05) is 23.3 Å². The third kappa shape index (κ3) is 3.76. The van der Waals surface area contributed by atoms with E-state index >= 15 is 0 Å². The van der Waals surface area contributed by atoms with Gasteiger partial charge >= 0.3 is 0 Å². The van der Waals surface area contributed by atoms with Gasteiger partial charge in [-0.2, -0.15) is 0 Å². The Morgan fingerprint density at radius 1 is 1.42 bits per heavy atom. The number of rotatable bonds is 5. The van der Waals surface area contributed by atoms with Crippen LogP contribution in [0.3, 0.4) is 0 Å². The molecule has 0 aliphatic heterocycles. The van der Waals surface area contributed by atoms with Crippen LogP contribution >= 0.6 is 11.3 Å². The van der Waals surface area contributed by atoms with Crippen molar-refractivity contribution in [3.8, 4) is 23.0 Å². The summed E-state index contributed by atoms with van der Waals surface area (Å²) in [5.41, 5.74) is 0.754. The molecule has 0 fully saturated rings. The van der Waals surface area contributed by atoms with Gasteiger partial charge in [0.1, 0.15) is 5.69 Å². The van der Waals surface area contributed by atoms with Crippen LogP contribution in [-0.4, -0.2) is 34.2 Å². The number of amides is 1. The van der Waals surface area contributed by atoms with Crippen LogP contribution in [0.4, 0.5) is 5.13 Å². The smallest absolute Gasteiger partial charge is 0.240 e. The number of pyridine rings is 1. The van der Waals surface area contributed by atoms with Crippen molar-refractivity contribution in [2.24, 2.45) is 0 Å². The Bertz CT molecular complexity index is 590. The average molecular weight is 273 g/mol. The lowest BCUT2D eigenvalue weighted by atomic mass is 10.4. The molecule has 0 aliphatic rings. The fourth-order valence-corrected chi connectivity index (χ4v) is 1.97. The first-order chi connectivity index (χ1) is 9.29. The highest BCUT2D eigenvalue weighted by molar-refractivity contribution is 7.18. The molecule has 0 bridgehead atoms. The van der Waals surface area contributed by atoms with Crippen molar-refractivity contribution >= 4 is 22.4 Å². The first-order valence-corrected chi connectivity index (χ1v) is 6.30. The Morgan fingerprint density at radius 3 is 3.05 bits per heavy atom. The minimum atomic E-state index is -0.187. The molecule has 1 amide bonds. The molecule has 0 atom stereocenters. The van der Waals surface area contributed by atoms with Gasteiger partial charge in [0.2, 0.25) is 11.0 Å². The van der Waals surface area contributed by atoms with Crippen LogP contribution in [0.5, 0.6) is 0 Å². The monoisotopic (exact) mass is 273 g/mol. The second-order valence-electron chi connectivity index (χ2n) is 3.46. The predicted molar refractivity (Wildman–Crippen MR) is 73.5 cm³/mol. The van der Waals surface area contributed by atoms with Gasteiger partial charge in [0, 0.05) is 6.20 Å². The van der Waals surface area contributed by atoms with Gasteiger partial charge < -0.3 is 10.6 Å². The van der Waals surface area contributed by atoms with E-state index in [1.807, 2.05) is 18.2 Å². The van der Waals surface area contributed by atoms with Crippen LogP contribution in [0.15, 0.2) is 24.4 Å². The van der Waals surface area contributed by atoms with E-state index in [1.165, 1.54) is 11.3 Å². The molecular formula is C12H11N5OS. The molecule has 2 N–H and O–H groups in total. The zero-order valence-corrected chi connectivity index (χ0v) is 10.8. The van der Waals surface area contributed by atoms with Crippen molar-refractivity contribution in [1.82, 2.24) is 20.5 Å². The van der Waals surface area contributed by atoms with E-state index in [2.05, 4.69) is 31.7 Å². The molecular weight excluding hydrogens is 262 g/mol. The number of anilines is 1. The second-order valence-corrected chi connectivity index (χ2v) is 4.44. The summed E-state index contributed by atoms with van der Waals surface area (Å²) in [5.74, 6) is 2.14. The molecule has 6 nitrogen and oxygen atoms in total. The van der Waals surface area contributed by atoms with Gasteiger partial charge in [-0.05, 0) is 12.1 Å². The number of carbonyl (C=O) groups excluding carboxylic acids is 1. The van der Waals surface area contributed by atoms with Crippen molar-refractivity contribution in [1.29, 1.82) is 0 Å². The number of hydrogen-bond acceptors (Lipinski definition) is 6. The minimum absolute atomic E-state index is 0.110. The van der Waals surface area contributed by atoms with Crippen molar-refractivity contribution in [3.05, 3.63) is 24.4 Å². The van der Waals surface area contributed by atoms with Gasteiger partial charge in [0.25, 0.3) is 0 Å². The van der Waals surface area contributed by atoms with Crippen molar-refractivity contribution in [2.45, 2.75) is 0 Å². The highest BCUT2D eigenvalue weighted by Gasteiger charge is 2.08. The van der Waals surface area contributed by atoms with E-state index in [0.29, 0.717) is 10.1 Å². The maximum atomic E-state index is 11.3. The first-order valence-electron chi connectivity index (χ1n) is 5.48. The highest BCUT2D eigenvalue weighted by Crippen LogP contribution is 2.23. The van der Waals surface area contributed by atoms with E-state index in [9.17, 15) is 4.79 Å². The Labute approximate surface area is 114 Å². The van der Waals surface area contributed by atoms with Gasteiger partial charge in [-0.25, -0.2) is 0 Å². The molecule has 2 aromatic heterocycles. The average Bonchev–Trinajstić information content (AvgIpc) is 2.93. The lowest BCUT2D eigenvalue weighted by Gasteiger charge is -2.01. The van der Waals surface area contributed by atoms with E-state index in [0.717, 1.165) is 5.69 Å². The standard InChI is InChI=1S/C12H11N5OS/c1-2-6-14-10(18)8-15-12-17-16-11(19-12)9-5-3-4-7-13-9/h1,3-5,7H,6,8H2,(H,14,18)(H,15,17). The minimum Gasteiger partial charge on any atom is -0.351 e. The number of carbonyl (C=O) groups is 1. The summed E-state index contributed by atoms with van der Waals surface area (Å²) in [4.78, 5) is 15.5. The molecule has 0 aliphatic carbocycles. The molecule has 0 spiro atoms. The summed E-state index contributed by atoms with van der Waals surface area (Å²) in [6.45, 7) is 0.328. The molecule has 0 aromatic carbocycles. The summed E-state index contributed by atoms with van der Waals surface area (Å²) in [6, 6.07) is 5.56. The van der Waals surface area contributed by atoms with Crippen LogP contribution in [0, 0.1) is 12.3 Å². The van der Waals surface area contributed by atoms with Crippen LogP contribution < -0.4 is 10.6 Å². The fraction of sp³-hybridized carbons (Fsp3) is 0.167. The Balaban J connectivity index is 1.92. The lowest BCUT2D eigenvalue weighted by molar-refractivity contribution is -0.119. The molecule has 2 heterocycles. The molecule has 0 unspecified atom stereocenters. The summed E-state index contributed by atoms with van der Waals surface area (Å²) < 4.78 is 0. The molecule has 2 aromatic rings. The molecule has 7 heteroatoms. The predicted octanol–water partition coefficient (Wildman–Crippen LogP) is 0.761. The Kier molecular flexibility index (Phi) is 4.42. The van der Waals surface area contributed by atoms with E-state index in [4.69, 9.17) is 6.42 Å². The van der Waals surface area contributed by atoms with Crippen LogP contribution in [0.25, 0.3) is 10.7 Å². The topological polar surface area (TPSA) is 79.8 Å². The molecule has 19 heavy (non-hydrogen) atoms. The third-order valence-electron chi connectivity index (χ3n) is 2.10. The largest absolute Gasteiger partial charge is 0.351 e. The zero-order chi connectivity index (χ0) is 13.5. The number of nitrogens with one attached hydrogen (secondary N) is 2. The Hall–Kier alpha value is -2.46. The van der Waals surface area contributed by atoms with Crippen LogP contribution in [0.1, 0.15) is 0 Å². The number of hydrogen-bond donors (Lipinski definition) is 2. The van der Waals surface area contributed by atoms with Gasteiger partial charge in [-0.3, -0.25) is 9.78 Å². The zero-order valence-electron chi connectivity index (χ0n) is 9.96. The van der Waals surface area contributed by atoms with Gasteiger partial charge in [0.05, 0.1) is 13.1 Å². The first kappa shape index (κ1) is 13.0. The normalized spacial score (nSPS) is 9.63. The van der Waals surface area contributed by atoms with E-state index in [1.54, 1.807) is 6.20 Å². The van der Waals surface area contributed by atoms with Gasteiger partial charge in [0.15, 0.2) is 5.01 Å². The Morgan fingerprint density at radius 2 is 2.32 bits per heavy atom. The third-order valence-corrected chi connectivity index (χ3v) is 3.00. The van der Waals surface area contributed by atoms with Crippen molar-refractivity contribution in [3.63, 3.8) is 0 Å². The van der Waals surface area contributed by atoms with Gasteiger partial charge in [-0.15, -0.1) is 16.6 Å². The molecule has 0 radical (unpaired) electrons. The number of terminal acetylenes is 1. The van der Waals surface area contributed by atoms with Crippen molar-refractivity contribution < 1.29 is 4.79 Å². The quantitative estimate of drug-likeness (QED) is 0.786. The number of aromatic nitrogens is 3. The van der Waals surface area contributed by atoms with Crippen LogP contribution in [0.2, 0.25) is 0 Å². The molecule has 0 saturated heterocycles. The fourth-order valence-electron chi connectivity index (χ4n) is 1.26. The van der Waals surface area contributed by atoms with Crippen LogP contribution in [-0.2, 0) is 4.79 Å². The maximum absolute atomic E-state index is 11.3. The van der Waals surface area contributed by atoms with Crippen molar-refractivity contribution in [2.75, 3.05) is 18.4 Å². The summed E-state index contributed by atoms with van der Waals surface area (Å²) in [5, 5.41) is 14.6. The lowest BCUT2D eigenvalue weighted by Crippen LogP contribution is -2.29. The summed E-state index contributed by atoms with van der Waals surface area (Å²) in [7, 11) is 0. The molecule has 2 rings (SSSR count). The highest BCUT2D eigenvalue weighted by atomic mass is 32.1. The SMILES string of the molecule is C#CCNC(=O)CNc1nnc(-c2ccccn2)s1. The number of nitrogens with zero attached hydrogens (tertiary/aromatic N) is 3. The van der Waals surface area contributed by atoms with E-state index < -0.39 is 0 Å². The molecule has 96 valence electrons. The maximum Gasteiger partial charge on any atom is 0.240 e. The molecule has 0 saturated carbocycles.